The maximum atomic E-state index is 13.5. The summed E-state index contributed by atoms with van der Waals surface area (Å²) in [5, 5.41) is 25.5. The molecule has 2 N–H and O–H groups in total. The van der Waals surface area contributed by atoms with E-state index < -0.39 is 11.9 Å². The normalized spacial score (nSPS) is 13.3. The highest BCUT2D eigenvalue weighted by Gasteiger charge is 2.14. The molecule has 5 nitrogen and oxygen atoms in total. The Bertz CT molecular complexity index is 471. The average molecular weight is 211 g/mol. The van der Waals surface area contributed by atoms with Crippen molar-refractivity contribution in [3.63, 3.8) is 0 Å². The molecule has 0 aliphatic heterocycles. The molecular weight excluding hydrogens is 201 g/mol. The Balaban J connectivity index is 2.45. The zero-order valence-corrected chi connectivity index (χ0v) is 7.84. The predicted octanol–water partition coefficient (Wildman–Crippen LogP) is 0.284. The maximum Gasteiger partial charge on any atom is 0.161 e. The van der Waals surface area contributed by atoms with Gasteiger partial charge in [-0.3, -0.25) is 4.40 Å². The van der Waals surface area contributed by atoms with Crippen molar-refractivity contribution in [3.8, 4) is 0 Å². The van der Waals surface area contributed by atoms with Crippen molar-refractivity contribution < 1.29 is 14.6 Å². The molecular formula is C9H10FN3O2. The number of aliphatic hydroxyl groups is 2. The van der Waals surface area contributed by atoms with Gasteiger partial charge in [-0.15, -0.1) is 10.2 Å². The molecule has 0 radical (unpaired) electrons. The fourth-order valence-electron chi connectivity index (χ4n) is 1.39. The monoisotopic (exact) mass is 211 g/mol. The Kier molecular flexibility index (Phi) is 2.61. The lowest BCUT2D eigenvalue weighted by atomic mass is 10.1. The molecule has 0 amide bonds. The number of hydrogen-bond acceptors (Lipinski definition) is 4. The van der Waals surface area contributed by atoms with E-state index in [1.165, 1.54) is 23.0 Å². The van der Waals surface area contributed by atoms with Gasteiger partial charge in [-0.2, -0.15) is 0 Å². The summed E-state index contributed by atoms with van der Waals surface area (Å²) < 4.78 is 14.9. The highest BCUT2D eigenvalue weighted by molar-refractivity contribution is 5.41. The van der Waals surface area contributed by atoms with Gasteiger partial charge in [0.05, 0.1) is 6.10 Å². The van der Waals surface area contributed by atoms with Crippen LogP contribution in [0, 0.1) is 5.82 Å². The van der Waals surface area contributed by atoms with Gasteiger partial charge in [-0.1, -0.05) is 0 Å². The van der Waals surface area contributed by atoms with E-state index in [0.717, 1.165) is 0 Å². The zero-order valence-electron chi connectivity index (χ0n) is 7.84. The average Bonchev–Trinajstić information content (AvgIpc) is 2.63. The molecule has 0 bridgehead atoms. The minimum Gasteiger partial charge on any atom is -0.396 e. The molecule has 1 atom stereocenters. The molecule has 1 unspecified atom stereocenters. The Hall–Kier alpha value is -1.53. The summed E-state index contributed by atoms with van der Waals surface area (Å²) in [4.78, 5) is 0. The fraction of sp³-hybridized carbons (Fsp3) is 0.333. The number of pyridine rings is 1. The van der Waals surface area contributed by atoms with E-state index in [4.69, 9.17) is 5.11 Å². The number of hydrogen-bond donors (Lipinski definition) is 2. The Morgan fingerprint density at radius 3 is 3.07 bits per heavy atom. The van der Waals surface area contributed by atoms with Crippen molar-refractivity contribution in [2.24, 2.45) is 0 Å². The van der Waals surface area contributed by atoms with E-state index >= 15 is 0 Å². The lowest BCUT2D eigenvalue weighted by Crippen LogP contribution is -2.04. The number of aromatic nitrogens is 3. The van der Waals surface area contributed by atoms with Gasteiger partial charge in [0.1, 0.15) is 12.1 Å². The van der Waals surface area contributed by atoms with Crippen LogP contribution in [0.3, 0.4) is 0 Å². The predicted molar refractivity (Wildman–Crippen MR) is 49.6 cm³/mol. The Labute approximate surface area is 84.8 Å². The molecule has 80 valence electrons. The Morgan fingerprint density at radius 1 is 1.53 bits per heavy atom. The first-order chi connectivity index (χ1) is 7.22. The summed E-state index contributed by atoms with van der Waals surface area (Å²) in [6.45, 7) is -0.196. The molecule has 0 fully saturated rings. The fourth-order valence-corrected chi connectivity index (χ4v) is 1.39. The number of rotatable bonds is 3. The Morgan fingerprint density at radius 2 is 2.33 bits per heavy atom. The van der Waals surface area contributed by atoms with Crippen LogP contribution in [0.2, 0.25) is 0 Å². The highest BCUT2D eigenvalue weighted by Crippen LogP contribution is 2.20. The van der Waals surface area contributed by atoms with E-state index in [9.17, 15) is 9.50 Å². The molecule has 0 saturated carbocycles. The standard InChI is InChI=1S/C9H10FN3O2/c10-7-4-13-5-11-12-9(13)3-6(7)8(15)1-2-14/h3-5,8,14-15H,1-2H2. The van der Waals surface area contributed by atoms with Gasteiger partial charge in [0.25, 0.3) is 0 Å². The number of aliphatic hydroxyl groups excluding tert-OH is 2. The van der Waals surface area contributed by atoms with Crippen LogP contribution >= 0.6 is 0 Å². The van der Waals surface area contributed by atoms with Crippen LogP contribution in [-0.2, 0) is 0 Å². The van der Waals surface area contributed by atoms with Crippen LogP contribution < -0.4 is 0 Å². The van der Waals surface area contributed by atoms with Crippen molar-refractivity contribution >= 4 is 5.65 Å². The third-order valence-electron chi connectivity index (χ3n) is 2.18. The summed E-state index contributed by atoms with van der Waals surface area (Å²) in [6.07, 6.45) is 1.66. The van der Waals surface area contributed by atoms with Gasteiger partial charge in [0.15, 0.2) is 5.65 Å². The largest absolute Gasteiger partial charge is 0.396 e. The molecule has 0 aliphatic rings. The van der Waals surface area contributed by atoms with Crippen LogP contribution in [-0.4, -0.2) is 31.4 Å². The van der Waals surface area contributed by atoms with E-state index in [1.54, 1.807) is 0 Å². The second-order valence-corrected chi connectivity index (χ2v) is 3.20. The molecule has 6 heteroatoms. The lowest BCUT2D eigenvalue weighted by molar-refractivity contribution is 0.131. The summed E-state index contributed by atoms with van der Waals surface area (Å²) >= 11 is 0. The van der Waals surface area contributed by atoms with E-state index in [0.29, 0.717) is 5.65 Å². The molecule has 2 heterocycles. The highest BCUT2D eigenvalue weighted by atomic mass is 19.1. The van der Waals surface area contributed by atoms with Gasteiger partial charge in [0.2, 0.25) is 0 Å². The van der Waals surface area contributed by atoms with Crippen LogP contribution in [0.1, 0.15) is 18.1 Å². The first-order valence-electron chi connectivity index (χ1n) is 4.50. The first-order valence-corrected chi connectivity index (χ1v) is 4.50. The molecule has 0 spiro atoms. The van der Waals surface area contributed by atoms with Crippen LogP contribution in [0.5, 0.6) is 0 Å². The second-order valence-electron chi connectivity index (χ2n) is 3.20. The van der Waals surface area contributed by atoms with Crippen LogP contribution in [0.15, 0.2) is 18.6 Å². The summed E-state index contributed by atoms with van der Waals surface area (Å²) in [5.74, 6) is -0.539. The number of halogens is 1. The zero-order chi connectivity index (χ0) is 10.8. The smallest absolute Gasteiger partial charge is 0.161 e. The third-order valence-corrected chi connectivity index (χ3v) is 2.18. The van der Waals surface area contributed by atoms with E-state index in [2.05, 4.69) is 10.2 Å². The minimum absolute atomic E-state index is 0.0984. The number of fused-ring (bicyclic) bond motifs is 1. The first kappa shape index (κ1) is 10.0. The lowest BCUT2D eigenvalue weighted by Gasteiger charge is -2.10. The molecule has 2 aromatic heterocycles. The maximum absolute atomic E-state index is 13.5. The molecule has 0 saturated heterocycles. The van der Waals surface area contributed by atoms with Crippen molar-refractivity contribution in [1.82, 2.24) is 14.6 Å². The van der Waals surface area contributed by atoms with Gasteiger partial charge in [-0.25, -0.2) is 4.39 Å². The van der Waals surface area contributed by atoms with E-state index in [1.807, 2.05) is 0 Å². The van der Waals surface area contributed by atoms with Gasteiger partial charge >= 0.3 is 0 Å². The van der Waals surface area contributed by atoms with Gasteiger partial charge in [-0.05, 0) is 6.07 Å². The topological polar surface area (TPSA) is 70.7 Å². The molecule has 2 rings (SSSR count). The SMILES string of the molecule is OCCC(O)c1cc2nncn2cc1F. The van der Waals surface area contributed by atoms with Crippen LogP contribution in [0.4, 0.5) is 4.39 Å². The third kappa shape index (κ3) is 1.81. The second kappa shape index (κ2) is 3.92. The van der Waals surface area contributed by atoms with Crippen LogP contribution in [0.25, 0.3) is 5.65 Å². The molecule has 15 heavy (non-hydrogen) atoms. The van der Waals surface area contributed by atoms with Gasteiger partial charge in [0, 0.05) is 24.8 Å². The van der Waals surface area contributed by atoms with E-state index in [-0.39, 0.29) is 18.6 Å². The molecule has 0 aliphatic carbocycles. The van der Waals surface area contributed by atoms with Gasteiger partial charge < -0.3 is 10.2 Å². The van der Waals surface area contributed by atoms with Crippen molar-refractivity contribution in [1.29, 1.82) is 0 Å². The molecule has 0 aromatic carbocycles. The number of nitrogens with zero attached hydrogens (tertiary/aromatic N) is 3. The van der Waals surface area contributed by atoms with Crippen molar-refractivity contribution in [2.45, 2.75) is 12.5 Å². The van der Waals surface area contributed by atoms with Crippen molar-refractivity contribution in [3.05, 3.63) is 30.0 Å². The summed E-state index contributed by atoms with van der Waals surface area (Å²) in [5.41, 5.74) is 0.591. The summed E-state index contributed by atoms with van der Waals surface area (Å²) in [6, 6.07) is 1.42. The summed E-state index contributed by atoms with van der Waals surface area (Å²) in [7, 11) is 0. The van der Waals surface area contributed by atoms with Crippen molar-refractivity contribution in [2.75, 3.05) is 6.61 Å². The minimum atomic E-state index is -1.02. The molecule has 2 aromatic rings. The quantitative estimate of drug-likeness (QED) is 0.765.